The lowest BCUT2D eigenvalue weighted by Crippen LogP contribution is -2.05. The van der Waals surface area contributed by atoms with E-state index in [1.165, 1.54) is 24.3 Å². The van der Waals surface area contributed by atoms with Gasteiger partial charge in [-0.25, -0.2) is 0 Å². The van der Waals surface area contributed by atoms with Gasteiger partial charge in [-0.3, -0.25) is 4.55 Å². The average molecular weight is 253 g/mol. The molecule has 4 nitrogen and oxygen atoms in total. The first kappa shape index (κ1) is 14.2. The highest BCUT2D eigenvalue weighted by Crippen LogP contribution is 2.16. The Morgan fingerprint density at radius 2 is 1.67 bits per heavy atom. The molecule has 0 aliphatic rings. The van der Waals surface area contributed by atoms with Crippen LogP contribution in [0.4, 0.5) is 0 Å². The third-order valence-corrected chi connectivity index (χ3v) is 2.36. The van der Waals surface area contributed by atoms with Gasteiger partial charge >= 0.3 is 0 Å². The SMILES string of the molecule is CC(C)Oc1ccc(S(=O)(=O)O)cc1.Cl. The van der Waals surface area contributed by atoms with Gasteiger partial charge in [0.25, 0.3) is 10.1 Å². The highest BCUT2D eigenvalue weighted by Gasteiger charge is 2.08. The van der Waals surface area contributed by atoms with Crippen molar-refractivity contribution < 1.29 is 17.7 Å². The fourth-order valence-electron chi connectivity index (χ4n) is 0.962. The van der Waals surface area contributed by atoms with E-state index in [4.69, 9.17) is 9.29 Å². The second kappa shape index (κ2) is 5.34. The zero-order chi connectivity index (χ0) is 10.8. The standard InChI is InChI=1S/C9H12O4S.ClH/c1-7(2)13-8-3-5-9(6-4-8)14(10,11)12;/h3-7H,1-2H3,(H,10,11,12);1H. The van der Waals surface area contributed by atoms with Crippen LogP contribution in [0.2, 0.25) is 0 Å². The fourth-order valence-corrected chi connectivity index (χ4v) is 1.44. The lowest BCUT2D eigenvalue weighted by atomic mass is 10.3. The monoisotopic (exact) mass is 252 g/mol. The third-order valence-electron chi connectivity index (χ3n) is 1.49. The maximum atomic E-state index is 10.7. The Bertz CT molecular complexity index is 397. The molecular weight excluding hydrogens is 240 g/mol. The number of rotatable bonds is 3. The lowest BCUT2D eigenvalue weighted by Gasteiger charge is -2.09. The van der Waals surface area contributed by atoms with Crippen molar-refractivity contribution in [3.8, 4) is 5.75 Å². The van der Waals surface area contributed by atoms with Crippen molar-refractivity contribution in [3.63, 3.8) is 0 Å². The van der Waals surface area contributed by atoms with E-state index in [9.17, 15) is 8.42 Å². The van der Waals surface area contributed by atoms with Crippen LogP contribution in [-0.4, -0.2) is 19.1 Å². The number of hydrogen-bond acceptors (Lipinski definition) is 3. The van der Waals surface area contributed by atoms with E-state index in [1.807, 2.05) is 13.8 Å². The molecule has 1 aromatic rings. The van der Waals surface area contributed by atoms with Crippen LogP contribution in [-0.2, 0) is 10.1 Å². The molecule has 15 heavy (non-hydrogen) atoms. The molecule has 86 valence electrons. The molecule has 0 amide bonds. The van der Waals surface area contributed by atoms with Crippen LogP contribution in [0.1, 0.15) is 13.8 Å². The molecular formula is C9H13ClO4S. The topological polar surface area (TPSA) is 63.6 Å². The molecule has 0 radical (unpaired) electrons. The minimum atomic E-state index is -4.10. The van der Waals surface area contributed by atoms with Crippen LogP contribution in [0.15, 0.2) is 29.2 Å². The van der Waals surface area contributed by atoms with Crippen molar-refractivity contribution in [2.75, 3.05) is 0 Å². The summed E-state index contributed by atoms with van der Waals surface area (Å²) in [5.41, 5.74) is 0. The van der Waals surface area contributed by atoms with E-state index in [1.54, 1.807) is 0 Å². The maximum absolute atomic E-state index is 10.7. The summed E-state index contributed by atoms with van der Waals surface area (Å²) in [7, 11) is -4.10. The van der Waals surface area contributed by atoms with E-state index < -0.39 is 10.1 Å². The first-order chi connectivity index (χ1) is 6.39. The first-order valence-electron chi connectivity index (χ1n) is 4.14. The molecule has 0 aliphatic heterocycles. The van der Waals surface area contributed by atoms with Gasteiger partial charge in [0.15, 0.2) is 0 Å². The van der Waals surface area contributed by atoms with Crippen LogP contribution in [0.3, 0.4) is 0 Å². The van der Waals surface area contributed by atoms with Gasteiger partial charge in [0.1, 0.15) is 5.75 Å². The smallest absolute Gasteiger partial charge is 0.294 e. The summed E-state index contributed by atoms with van der Waals surface area (Å²) >= 11 is 0. The van der Waals surface area contributed by atoms with Crippen LogP contribution in [0, 0.1) is 0 Å². The van der Waals surface area contributed by atoms with Gasteiger partial charge in [-0.1, -0.05) is 0 Å². The van der Waals surface area contributed by atoms with E-state index in [2.05, 4.69) is 0 Å². The van der Waals surface area contributed by atoms with Crippen molar-refractivity contribution in [1.82, 2.24) is 0 Å². The van der Waals surface area contributed by atoms with Crippen LogP contribution < -0.4 is 4.74 Å². The largest absolute Gasteiger partial charge is 0.491 e. The molecule has 0 unspecified atom stereocenters. The van der Waals surface area contributed by atoms with E-state index in [-0.39, 0.29) is 23.4 Å². The predicted octanol–water partition coefficient (Wildman–Crippen LogP) is 2.14. The highest BCUT2D eigenvalue weighted by molar-refractivity contribution is 7.85. The van der Waals surface area contributed by atoms with Gasteiger partial charge in [-0.2, -0.15) is 8.42 Å². The minimum absolute atomic E-state index is 0. The van der Waals surface area contributed by atoms with Gasteiger partial charge in [0.05, 0.1) is 11.0 Å². The average Bonchev–Trinajstić information content (AvgIpc) is 2.02. The molecule has 1 N–H and O–H groups in total. The van der Waals surface area contributed by atoms with E-state index >= 15 is 0 Å². The number of hydrogen-bond donors (Lipinski definition) is 1. The Morgan fingerprint density at radius 1 is 1.20 bits per heavy atom. The molecule has 0 bridgehead atoms. The second-order valence-corrected chi connectivity index (χ2v) is 4.53. The molecule has 0 spiro atoms. The molecule has 1 rings (SSSR count). The zero-order valence-corrected chi connectivity index (χ0v) is 10.0. The number of halogens is 1. The van der Waals surface area contributed by atoms with Gasteiger partial charge in [-0.05, 0) is 38.1 Å². The van der Waals surface area contributed by atoms with Crippen molar-refractivity contribution in [2.24, 2.45) is 0 Å². The lowest BCUT2D eigenvalue weighted by molar-refractivity contribution is 0.242. The molecule has 0 saturated carbocycles. The normalized spacial score (nSPS) is 10.9. The highest BCUT2D eigenvalue weighted by atomic mass is 35.5. The summed E-state index contributed by atoms with van der Waals surface area (Å²) in [5, 5.41) is 0. The molecule has 0 atom stereocenters. The maximum Gasteiger partial charge on any atom is 0.294 e. The zero-order valence-electron chi connectivity index (χ0n) is 8.38. The Labute approximate surface area is 95.4 Å². The second-order valence-electron chi connectivity index (χ2n) is 3.11. The van der Waals surface area contributed by atoms with Gasteiger partial charge in [0.2, 0.25) is 0 Å². The molecule has 6 heteroatoms. The van der Waals surface area contributed by atoms with Crippen molar-refractivity contribution in [2.45, 2.75) is 24.8 Å². The predicted molar refractivity (Wildman–Crippen MR) is 59.3 cm³/mol. The van der Waals surface area contributed by atoms with E-state index in [0.717, 1.165) is 0 Å². The Hall–Kier alpha value is -0.780. The summed E-state index contributed by atoms with van der Waals surface area (Å²) in [6, 6.07) is 5.60. The Balaban J connectivity index is 0.00000196. The Morgan fingerprint density at radius 3 is 2.00 bits per heavy atom. The van der Waals surface area contributed by atoms with Crippen molar-refractivity contribution >= 4 is 22.5 Å². The molecule has 1 aromatic carbocycles. The summed E-state index contributed by atoms with van der Waals surface area (Å²) in [6.45, 7) is 3.74. The molecule has 0 aromatic heterocycles. The first-order valence-corrected chi connectivity index (χ1v) is 5.58. The van der Waals surface area contributed by atoms with E-state index in [0.29, 0.717) is 5.75 Å². The summed E-state index contributed by atoms with van der Waals surface area (Å²) in [6.07, 6.45) is 0.0339. The minimum Gasteiger partial charge on any atom is -0.491 e. The van der Waals surface area contributed by atoms with Crippen LogP contribution in [0.5, 0.6) is 5.75 Å². The van der Waals surface area contributed by atoms with Gasteiger partial charge < -0.3 is 4.74 Å². The van der Waals surface area contributed by atoms with Crippen molar-refractivity contribution in [1.29, 1.82) is 0 Å². The van der Waals surface area contributed by atoms with Crippen LogP contribution >= 0.6 is 12.4 Å². The summed E-state index contributed by atoms with van der Waals surface area (Å²) in [5.74, 6) is 0.576. The molecule has 0 aliphatic carbocycles. The fraction of sp³-hybridized carbons (Fsp3) is 0.333. The van der Waals surface area contributed by atoms with Crippen molar-refractivity contribution in [3.05, 3.63) is 24.3 Å². The number of benzene rings is 1. The van der Waals surface area contributed by atoms with Gasteiger partial charge in [-0.15, -0.1) is 12.4 Å². The summed E-state index contributed by atoms with van der Waals surface area (Å²) < 4.78 is 35.4. The number of ether oxygens (including phenoxy) is 1. The molecule has 0 fully saturated rings. The van der Waals surface area contributed by atoms with Gasteiger partial charge in [0, 0.05) is 0 Å². The Kier molecular flexibility index (Phi) is 5.07. The molecule has 0 saturated heterocycles. The van der Waals surface area contributed by atoms with Crippen LogP contribution in [0.25, 0.3) is 0 Å². The molecule has 0 heterocycles. The quantitative estimate of drug-likeness (QED) is 0.838. The third kappa shape index (κ3) is 4.51. The summed E-state index contributed by atoms with van der Waals surface area (Å²) in [4.78, 5) is -0.131.